The summed E-state index contributed by atoms with van der Waals surface area (Å²) in [7, 11) is 0. The highest BCUT2D eigenvalue weighted by molar-refractivity contribution is 5.68. The summed E-state index contributed by atoms with van der Waals surface area (Å²) < 4.78 is 20.1. The van der Waals surface area contributed by atoms with E-state index in [1.165, 1.54) is 13.8 Å². The fourth-order valence-electron chi connectivity index (χ4n) is 1.99. The highest BCUT2D eigenvalue weighted by atomic mass is 16.7. The van der Waals surface area contributed by atoms with Gasteiger partial charge in [-0.05, 0) is 6.92 Å². The maximum Gasteiger partial charge on any atom is 0.303 e. The lowest BCUT2D eigenvalue weighted by atomic mass is 9.99. The smallest absolute Gasteiger partial charge is 0.303 e. The first-order valence-electron chi connectivity index (χ1n) is 6.07. The molecular formula is C12H18O8. The normalized spacial score (nSPS) is 33.1. The van der Waals surface area contributed by atoms with Crippen LogP contribution in [0.5, 0.6) is 0 Å². The minimum absolute atomic E-state index is 0.611. The highest BCUT2D eigenvalue weighted by Crippen LogP contribution is 2.27. The van der Waals surface area contributed by atoms with Crippen molar-refractivity contribution in [3.63, 3.8) is 0 Å². The Kier molecular flexibility index (Phi) is 5.46. The number of aliphatic hydroxyl groups excluding tert-OH is 1. The molecule has 0 spiro atoms. The number of esters is 3. The predicted octanol–water partition coefficient (Wildman–Crippen LogP) is -0.481. The van der Waals surface area contributed by atoms with Gasteiger partial charge in [0.25, 0.3) is 0 Å². The summed E-state index contributed by atoms with van der Waals surface area (Å²) in [5, 5.41) is 9.79. The van der Waals surface area contributed by atoms with E-state index in [2.05, 4.69) is 0 Å². The van der Waals surface area contributed by atoms with Crippen LogP contribution in [0.1, 0.15) is 27.7 Å². The van der Waals surface area contributed by atoms with Crippen molar-refractivity contribution >= 4 is 17.9 Å². The first-order valence-corrected chi connectivity index (χ1v) is 6.07. The molecular weight excluding hydrogens is 272 g/mol. The molecule has 1 N–H and O–H groups in total. The molecule has 0 aromatic carbocycles. The third kappa shape index (κ3) is 4.17. The molecule has 114 valence electrons. The zero-order chi connectivity index (χ0) is 15.4. The first kappa shape index (κ1) is 16.4. The van der Waals surface area contributed by atoms with Crippen LogP contribution in [-0.2, 0) is 33.3 Å². The molecule has 1 saturated heterocycles. The molecule has 1 fully saturated rings. The van der Waals surface area contributed by atoms with Crippen molar-refractivity contribution in [3.05, 3.63) is 0 Å². The molecule has 5 atom stereocenters. The average molecular weight is 290 g/mol. The van der Waals surface area contributed by atoms with Gasteiger partial charge >= 0.3 is 17.9 Å². The molecule has 0 aromatic heterocycles. The summed E-state index contributed by atoms with van der Waals surface area (Å²) in [6, 6.07) is 0. The molecule has 0 amide bonds. The lowest BCUT2D eigenvalue weighted by molar-refractivity contribution is -0.288. The SMILES string of the molecule is CC(=O)O[C@H]1[C@H](OC(C)=O)[C@@H](C)O[C@H](O)[C@H]1OC(C)=O. The molecule has 20 heavy (non-hydrogen) atoms. The van der Waals surface area contributed by atoms with Crippen LogP contribution in [0.3, 0.4) is 0 Å². The average Bonchev–Trinajstić information content (AvgIpc) is 2.27. The lowest BCUT2D eigenvalue weighted by Gasteiger charge is -2.41. The Balaban J connectivity index is 3.01. The molecule has 0 saturated carbocycles. The van der Waals surface area contributed by atoms with E-state index < -0.39 is 48.6 Å². The monoisotopic (exact) mass is 290 g/mol. The number of carbonyl (C=O) groups excluding carboxylic acids is 3. The predicted molar refractivity (Wildman–Crippen MR) is 63.2 cm³/mol. The van der Waals surface area contributed by atoms with E-state index in [1.807, 2.05) is 0 Å². The summed E-state index contributed by atoms with van der Waals surface area (Å²) in [6.07, 6.45) is -5.60. The molecule has 0 unspecified atom stereocenters. The van der Waals surface area contributed by atoms with Crippen molar-refractivity contribution in [1.29, 1.82) is 0 Å². The Morgan fingerprint density at radius 1 is 0.850 bits per heavy atom. The molecule has 8 nitrogen and oxygen atoms in total. The van der Waals surface area contributed by atoms with Crippen LogP contribution in [-0.4, -0.2) is 53.7 Å². The molecule has 0 aromatic rings. The highest BCUT2D eigenvalue weighted by Gasteiger charge is 2.49. The Bertz CT molecular complexity index is 365. The number of carbonyl (C=O) groups is 3. The third-order valence-corrected chi connectivity index (χ3v) is 2.65. The number of hydrogen-bond acceptors (Lipinski definition) is 8. The maximum atomic E-state index is 11.2. The lowest BCUT2D eigenvalue weighted by Crippen LogP contribution is -2.60. The van der Waals surface area contributed by atoms with E-state index in [9.17, 15) is 19.5 Å². The minimum atomic E-state index is -1.48. The second-order valence-corrected chi connectivity index (χ2v) is 4.45. The van der Waals surface area contributed by atoms with Crippen molar-refractivity contribution < 1.29 is 38.4 Å². The van der Waals surface area contributed by atoms with Gasteiger partial charge in [-0.1, -0.05) is 0 Å². The van der Waals surface area contributed by atoms with Crippen LogP contribution in [0.15, 0.2) is 0 Å². The van der Waals surface area contributed by atoms with Gasteiger partial charge < -0.3 is 24.1 Å². The van der Waals surface area contributed by atoms with Gasteiger partial charge in [0, 0.05) is 20.8 Å². The van der Waals surface area contributed by atoms with E-state index in [0.29, 0.717) is 0 Å². The molecule has 0 bridgehead atoms. The Labute approximate surface area is 115 Å². The van der Waals surface area contributed by atoms with E-state index in [4.69, 9.17) is 18.9 Å². The summed E-state index contributed by atoms with van der Waals surface area (Å²) in [6.45, 7) is 5.01. The third-order valence-electron chi connectivity index (χ3n) is 2.65. The number of ether oxygens (including phenoxy) is 4. The van der Waals surface area contributed by atoms with E-state index in [1.54, 1.807) is 0 Å². The zero-order valence-electron chi connectivity index (χ0n) is 11.7. The summed E-state index contributed by atoms with van der Waals surface area (Å²) in [5.74, 6) is -1.96. The van der Waals surface area contributed by atoms with Crippen molar-refractivity contribution in [2.24, 2.45) is 0 Å². The summed E-state index contributed by atoms with van der Waals surface area (Å²) >= 11 is 0. The second kappa shape index (κ2) is 6.67. The second-order valence-electron chi connectivity index (χ2n) is 4.45. The number of aliphatic hydroxyl groups is 1. The standard InChI is InChI=1S/C12H18O8/c1-5-9(18-6(2)13)10(19-7(3)14)11(12(16)17-5)20-8(4)15/h5,9-12,16H,1-4H3/t5-,9-,10+,11+,12+/m1/s1. The largest absolute Gasteiger partial charge is 0.456 e. The molecule has 1 aliphatic rings. The van der Waals surface area contributed by atoms with E-state index >= 15 is 0 Å². The topological polar surface area (TPSA) is 108 Å². The van der Waals surface area contributed by atoms with Gasteiger partial charge in [0.2, 0.25) is 0 Å². The Morgan fingerprint density at radius 3 is 1.70 bits per heavy atom. The quantitative estimate of drug-likeness (QED) is 0.548. The molecule has 0 radical (unpaired) electrons. The van der Waals surface area contributed by atoms with Gasteiger partial charge in [-0.25, -0.2) is 0 Å². The van der Waals surface area contributed by atoms with E-state index in [-0.39, 0.29) is 0 Å². The Morgan fingerprint density at radius 2 is 1.25 bits per heavy atom. The first-order chi connectivity index (χ1) is 9.22. The van der Waals surface area contributed by atoms with Crippen molar-refractivity contribution in [3.8, 4) is 0 Å². The minimum Gasteiger partial charge on any atom is -0.456 e. The summed E-state index contributed by atoms with van der Waals surface area (Å²) in [4.78, 5) is 33.3. The maximum absolute atomic E-state index is 11.2. The van der Waals surface area contributed by atoms with Crippen LogP contribution in [0.4, 0.5) is 0 Å². The Hall–Kier alpha value is -1.67. The number of hydrogen-bond donors (Lipinski definition) is 1. The van der Waals surface area contributed by atoms with Crippen molar-refractivity contribution in [2.45, 2.75) is 58.4 Å². The van der Waals surface area contributed by atoms with Crippen molar-refractivity contribution in [1.82, 2.24) is 0 Å². The van der Waals surface area contributed by atoms with Crippen LogP contribution < -0.4 is 0 Å². The number of rotatable bonds is 3. The fourth-order valence-corrected chi connectivity index (χ4v) is 1.99. The van der Waals surface area contributed by atoms with Crippen LogP contribution >= 0.6 is 0 Å². The van der Waals surface area contributed by atoms with Gasteiger partial charge in [0.1, 0.15) is 0 Å². The summed E-state index contributed by atoms with van der Waals surface area (Å²) in [5.41, 5.74) is 0. The molecule has 8 heteroatoms. The van der Waals surface area contributed by atoms with Gasteiger partial charge in [0.05, 0.1) is 6.10 Å². The molecule has 0 aliphatic carbocycles. The van der Waals surface area contributed by atoms with Crippen molar-refractivity contribution in [2.75, 3.05) is 0 Å². The van der Waals surface area contributed by atoms with Gasteiger partial charge in [-0.2, -0.15) is 0 Å². The van der Waals surface area contributed by atoms with Gasteiger partial charge in [-0.3, -0.25) is 14.4 Å². The van der Waals surface area contributed by atoms with Crippen LogP contribution in [0.25, 0.3) is 0 Å². The molecule has 1 heterocycles. The molecule has 1 aliphatic heterocycles. The zero-order valence-corrected chi connectivity index (χ0v) is 11.7. The van der Waals surface area contributed by atoms with Gasteiger partial charge in [0.15, 0.2) is 24.6 Å². The van der Waals surface area contributed by atoms with E-state index in [0.717, 1.165) is 13.8 Å². The van der Waals surface area contributed by atoms with Crippen LogP contribution in [0, 0.1) is 0 Å². The van der Waals surface area contributed by atoms with Crippen LogP contribution in [0.2, 0.25) is 0 Å². The van der Waals surface area contributed by atoms with Gasteiger partial charge in [-0.15, -0.1) is 0 Å². The molecule has 1 rings (SSSR count). The fraction of sp³-hybridized carbons (Fsp3) is 0.750.